The second kappa shape index (κ2) is 8.43. The molecule has 1 aromatic rings. The van der Waals surface area contributed by atoms with Gasteiger partial charge in [-0.15, -0.1) is 0 Å². The van der Waals surface area contributed by atoms with Crippen LogP contribution in [0.15, 0.2) is 18.2 Å². The van der Waals surface area contributed by atoms with Crippen molar-refractivity contribution in [1.29, 1.82) is 0 Å². The van der Waals surface area contributed by atoms with E-state index < -0.39 is 5.97 Å². The van der Waals surface area contributed by atoms with E-state index in [4.69, 9.17) is 15.2 Å². The molecule has 0 saturated carbocycles. The van der Waals surface area contributed by atoms with Gasteiger partial charge in [-0.05, 0) is 31.0 Å². The van der Waals surface area contributed by atoms with E-state index in [-0.39, 0.29) is 0 Å². The van der Waals surface area contributed by atoms with Gasteiger partial charge in [0.25, 0.3) is 0 Å². The first-order valence-corrected chi connectivity index (χ1v) is 6.92. The van der Waals surface area contributed by atoms with Gasteiger partial charge in [0, 0.05) is 24.5 Å². The molecule has 0 amide bonds. The minimum absolute atomic E-state index is 0.332. The lowest BCUT2D eigenvalue weighted by atomic mass is 10.1. The molecule has 5 heteroatoms. The molecule has 1 aromatic carbocycles. The summed E-state index contributed by atoms with van der Waals surface area (Å²) < 4.78 is 10.4. The van der Waals surface area contributed by atoms with Gasteiger partial charge in [0.1, 0.15) is 0 Å². The van der Waals surface area contributed by atoms with Crippen molar-refractivity contribution in [3.63, 3.8) is 0 Å². The zero-order valence-corrected chi connectivity index (χ0v) is 12.4. The fourth-order valence-corrected chi connectivity index (χ4v) is 1.64. The van der Waals surface area contributed by atoms with Gasteiger partial charge < -0.3 is 20.5 Å². The summed E-state index contributed by atoms with van der Waals surface area (Å²) in [6.45, 7) is 8.37. The predicted octanol–water partition coefficient (Wildman–Crippen LogP) is 2.53. The standard InChI is InChI=1S/C15H24N2O3/c1-4-20-15(18)13-9-12(5-6-14(13)16)17-7-8-19-10-11(2)3/h5-6,9,11,17H,4,7-8,10,16H2,1-3H3. The van der Waals surface area contributed by atoms with Crippen LogP contribution >= 0.6 is 0 Å². The number of benzene rings is 1. The first-order valence-electron chi connectivity index (χ1n) is 6.92. The summed E-state index contributed by atoms with van der Waals surface area (Å²) in [7, 11) is 0. The van der Waals surface area contributed by atoms with E-state index >= 15 is 0 Å². The van der Waals surface area contributed by atoms with Gasteiger partial charge in [-0.3, -0.25) is 0 Å². The highest BCUT2D eigenvalue weighted by Gasteiger charge is 2.11. The van der Waals surface area contributed by atoms with Crippen LogP contribution in [0.1, 0.15) is 31.1 Å². The van der Waals surface area contributed by atoms with Crippen LogP contribution in [0.4, 0.5) is 11.4 Å². The lowest BCUT2D eigenvalue weighted by molar-refractivity contribution is 0.0527. The number of carbonyl (C=O) groups excluding carboxylic acids is 1. The minimum atomic E-state index is -0.398. The van der Waals surface area contributed by atoms with E-state index in [1.807, 2.05) is 6.07 Å². The first-order chi connectivity index (χ1) is 9.54. The number of nitrogens with two attached hydrogens (primary N) is 1. The molecule has 0 fully saturated rings. The Labute approximate surface area is 120 Å². The summed E-state index contributed by atoms with van der Waals surface area (Å²) >= 11 is 0. The fraction of sp³-hybridized carbons (Fsp3) is 0.533. The van der Waals surface area contributed by atoms with Crippen LogP contribution in [0, 0.1) is 5.92 Å². The number of ether oxygens (including phenoxy) is 2. The molecule has 0 unspecified atom stereocenters. The number of hydrogen-bond donors (Lipinski definition) is 2. The van der Waals surface area contributed by atoms with E-state index in [9.17, 15) is 4.79 Å². The number of carbonyl (C=O) groups is 1. The van der Waals surface area contributed by atoms with E-state index in [0.717, 1.165) is 12.3 Å². The number of nitrogens with one attached hydrogen (secondary N) is 1. The van der Waals surface area contributed by atoms with Crippen LogP contribution in [0.5, 0.6) is 0 Å². The summed E-state index contributed by atoms with van der Waals surface area (Å²) in [6.07, 6.45) is 0. The first kappa shape index (κ1) is 16.3. The highest BCUT2D eigenvalue weighted by molar-refractivity contribution is 5.96. The molecule has 0 atom stereocenters. The molecule has 0 aromatic heterocycles. The van der Waals surface area contributed by atoms with Crippen LogP contribution in [-0.4, -0.2) is 32.3 Å². The van der Waals surface area contributed by atoms with Crippen molar-refractivity contribution >= 4 is 17.3 Å². The van der Waals surface area contributed by atoms with Gasteiger partial charge in [-0.1, -0.05) is 13.8 Å². The van der Waals surface area contributed by atoms with Crippen molar-refractivity contribution in [2.45, 2.75) is 20.8 Å². The van der Waals surface area contributed by atoms with Gasteiger partial charge >= 0.3 is 5.97 Å². The molecule has 1 rings (SSSR count). The molecule has 0 aliphatic carbocycles. The minimum Gasteiger partial charge on any atom is -0.462 e. The highest BCUT2D eigenvalue weighted by atomic mass is 16.5. The Bertz CT molecular complexity index is 433. The fourth-order valence-electron chi connectivity index (χ4n) is 1.64. The number of esters is 1. The smallest absolute Gasteiger partial charge is 0.340 e. The SMILES string of the molecule is CCOC(=O)c1cc(NCCOCC(C)C)ccc1N. The average molecular weight is 280 g/mol. The third-order valence-corrected chi connectivity index (χ3v) is 2.58. The molecule has 112 valence electrons. The maximum absolute atomic E-state index is 11.7. The summed E-state index contributed by atoms with van der Waals surface area (Å²) in [4.78, 5) is 11.7. The third-order valence-electron chi connectivity index (χ3n) is 2.58. The van der Waals surface area contributed by atoms with Crippen molar-refractivity contribution < 1.29 is 14.3 Å². The van der Waals surface area contributed by atoms with E-state index in [1.54, 1.807) is 19.1 Å². The molecule has 0 aliphatic rings. The Balaban J connectivity index is 2.50. The molecule has 3 N–H and O–H groups in total. The molecule has 5 nitrogen and oxygen atoms in total. The second-order valence-electron chi connectivity index (χ2n) is 4.92. The van der Waals surface area contributed by atoms with Gasteiger partial charge in [-0.2, -0.15) is 0 Å². The number of rotatable bonds is 8. The Morgan fingerprint density at radius 1 is 1.40 bits per heavy atom. The number of anilines is 2. The predicted molar refractivity (Wildman–Crippen MR) is 81.0 cm³/mol. The zero-order chi connectivity index (χ0) is 15.0. The molecule has 0 aliphatic heterocycles. The summed E-state index contributed by atoms with van der Waals surface area (Å²) in [5.74, 6) is 0.131. The summed E-state index contributed by atoms with van der Waals surface area (Å²) in [5, 5.41) is 3.19. The Kier molecular flexibility index (Phi) is 6.87. The Morgan fingerprint density at radius 2 is 2.15 bits per heavy atom. The molecular weight excluding hydrogens is 256 g/mol. The molecule has 0 spiro atoms. The van der Waals surface area contributed by atoms with Crippen molar-refractivity contribution in [1.82, 2.24) is 0 Å². The Hall–Kier alpha value is -1.75. The van der Waals surface area contributed by atoms with Crippen LogP contribution in [0.25, 0.3) is 0 Å². The van der Waals surface area contributed by atoms with Gasteiger partial charge in [0.2, 0.25) is 0 Å². The van der Waals surface area contributed by atoms with Crippen molar-refractivity contribution in [2.24, 2.45) is 5.92 Å². The molecule has 0 bridgehead atoms. The quantitative estimate of drug-likeness (QED) is 0.435. The Morgan fingerprint density at radius 3 is 2.80 bits per heavy atom. The zero-order valence-electron chi connectivity index (χ0n) is 12.4. The molecular formula is C15H24N2O3. The maximum Gasteiger partial charge on any atom is 0.340 e. The topological polar surface area (TPSA) is 73.6 Å². The number of nitrogen functional groups attached to an aromatic ring is 1. The van der Waals surface area contributed by atoms with Crippen molar-refractivity contribution in [2.75, 3.05) is 37.4 Å². The van der Waals surface area contributed by atoms with Crippen molar-refractivity contribution in [3.8, 4) is 0 Å². The lowest BCUT2D eigenvalue weighted by Crippen LogP contribution is -2.13. The monoisotopic (exact) mass is 280 g/mol. The molecule has 20 heavy (non-hydrogen) atoms. The largest absolute Gasteiger partial charge is 0.462 e. The van der Waals surface area contributed by atoms with Crippen molar-refractivity contribution in [3.05, 3.63) is 23.8 Å². The summed E-state index contributed by atoms with van der Waals surface area (Å²) in [6, 6.07) is 5.24. The number of hydrogen-bond acceptors (Lipinski definition) is 5. The third kappa shape index (κ3) is 5.48. The van der Waals surface area contributed by atoms with E-state index in [2.05, 4.69) is 19.2 Å². The normalized spacial score (nSPS) is 10.6. The molecule has 0 saturated heterocycles. The second-order valence-corrected chi connectivity index (χ2v) is 4.92. The van der Waals surface area contributed by atoms with Crippen LogP contribution in [-0.2, 0) is 9.47 Å². The van der Waals surface area contributed by atoms with Crippen LogP contribution in [0.3, 0.4) is 0 Å². The van der Waals surface area contributed by atoms with E-state index in [1.165, 1.54) is 0 Å². The van der Waals surface area contributed by atoms with Gasteiger partial charge in [0.15, 0.2) is 0 Å². The summed E-state index contributed by atoms with van der Waals surface area (Å²) in [5.41, 5.74) is 7.42. The maximum atomic E-state index is 11.7. The lowest BCUT2D eigenvalue weighted by Gasteiger charge is -2.11. The van der Waals surface area contributed by atoms with Crippen LogP contribution < -0.4 is 11.1 Å². The average Bonchev–Trinajstić information content (AvgIpc) is 2.40. The van der Waals surface area contributed by atoms with E-state index in [0.29, 0.717) is 36.9 Å². The van der Waals surface area contributed by atoms with Gasteiger partial charge in [0.05, 0.1) is 18.8 Å². The van der Waals surface area contributed by atoms with Gasteiger partial charge in [-0.25, -0.2) is 4.79 Å². The molecule has 0 heterocycles. The highest BCUT2D eigenvalue weighted by Crippen LogP contribution is 2.18. The van der Waals surface area contributed by atoms with Crippen LogP contribution in [0.2, 0.25) is 0 Å². The molecule has 0 radical (unpaired) electrons.